The van der Waals surface area contributed by atoms with Crippen LogP contribution in [0.15, 0.2) is 30.3 Å². The van der Waals surface area contributed by atoms with Crippen LogP contribution in [0.25, 0.3) is 6.08 Å². The number of nitrogens with zero attached hydrogens (tertiary/aromatic N) is 1. The summed E-state index contributed by atoms with van der Waals surface area (Å²) in [6, 6.07) is 6.64. The maximum absolute atomic E-state index is 12.5. The molecule has 0 saturated carbocycles. The molecule has 42 heavy (non-hydrogen) atoms. The summed E-state index contributed by atoms with van der Waals surface area (Å²) in [5.74, 6) is 1.84. The third kappa shape index (κ3) is 10.4. The smallest absolute Gasteiger partial charge is 0.338 e. The zero-order valence-electron chi connectivity index (χ0n) is 25.7. The van der Waals surface area contributed by atoms with E-state index in [4.69, 9.17) is 37.9 Å². The van der Waals surface area contributed by atoms with Gasteiger partial charge in [-0.25, -0.2) is 9.59 Å². The van der Waals surface area contributed by atoms with E-state index in [1.54, 1.807) is 30.3 Å². The van der Waals surface area contributed by atoms with Gasteiger partial charge < -0.3 is 42.8 Å². The number of unbranched alkanes of at least 4 members (excludes halogenated alkanes) is 2. The van der Waals surface area contributed by atoms with Gasteiger partial charge in [0.25, 0.3) is 0 Å². The number of hydrogen-bond donors (Lipinski definition) is 0. The standard InChI is InChI=1S/C31H43NO10/c1-32(14-9-8-10-16-42-31(34)23-20-26(37-4)30(40-7)27(21-23)38-5)15-11-17-41-28(33)13-12-22-18-24(35-2)29(39-6)25(19-22)36-3/h12-13,18-21H,8-11,14-17H2,1-7H3/b13-12+. The molecule has 0 saturated heterocycles. The lowest BCUT2D eigenvalue weighted by Gasteiger charge is -2.16. The highest BCUT2D eigenvalue weighted by molar-refractivity contribution is 5.91. The largest absolute Gasteiger partial charge is 0.493 e. The van der Waals surface area contributed by atoms with Crippen molar-refractivity contribution in [1.82, 2.24) is 4.90 Å². The van der Waals surface area contributed by atoms with Crippen molar-refractivity contribution in [3.63, 3.8) is 0 Å². The average Bonchev–Trinajstić information content (AvgIpc) is 3.01. The molecule has 2 aromatic carbocycles. The number of esters is 2. The van der Waals surface area contributed by atoms with Gasteiger partial charge >= 0.3 is 11.9 Å². The highest BCUT2D eigenvalue weighted by Crippen LogP contribution is 2.39. The molecule has 232 valence electrons. The van der Waals surface area contributed by atoms with Gasteiger partial charge in [0.1, 0.15) is 0 Å². The van der Waals surface area contributed by atoms with Crippen molar-refractivity contribution in [2.45, 2.75) is 25.7 Å². The minimum atomic E-state index is -0.445. The van der Waals surface area contributed by atoms with E-state index in [9.17, 15) is 9.59 Å². The average molecular weight is 590 g/mol. The Hall–Kier alpha value is -4.12. The molecule has 11 heteroatoms. The van der Waals surface area contributed by atoms with Crippen LogP contribution in [0.1, 0.15) is 41.6 Å². The number of methoxy groups -OCH3 is 6. The van der Waals surface area contributed by atoms with Crippen molar-refractivity contribution in [3.8, 4) is 34.5 Å². The van der Waals surface area contributed by atoms with Gasteiger partial charge in [0.2, 0.25) is 11.5 Å². The number of benzene rings is 2. The maximum atomic E-state index is 12.5. The Morgan fingerprint density at radius 3 is 1.67 bits per heavy atom. The Bertz CT molecular complexity index is 1130. The highest BCUT2D eigenvalue weighted by Gasteiger charge is 2.18. The first-order valence-electron chi connectivity index (χ1n) is 13.6. The van der Waals surface area contributed by atoms with Crippen molar-refractivity contribution in [2.24, 2.45) is 0 Å². The summed E-state index contributed by atoms with van der Waals surface area (Å²) >= 11 is 0. The first kappa shape index (κ1) is 34.1. The minimum absolute atomic E-state index is 0.318. The summed E-state index contributed by atoms with van der Waals surface area (Å²) in [6.45, 7) is 2.31. The van der Waals surface area contributed by atoms with E-state index in [1.807, 2.05) is 7.05 Å². The SMILES string of the molecule is COc1cc(/C=C/C(=O)OCCCN(C)CCCCCOC(=O)c2cc(OC)c(OC)c(OC)c2)cc(OC)c1OC. The minimum Gasteiger partial charge on any atom is -0.493 e. The van der Waals surface area contributed by atoms with Crippen LogP contribution in [0, 0.1) is 0 Å². The van der Waals surface area contributed by atoms with Crippen LogP contribution < -0.4 is 28.4 Å². The number of ether oxygens (including phenoxy) is 8. The molecule has 0 amide bonds. The normalized spacial score (nSPS) is 10.9. The van der Waals surface area contributed by atoms with E-state index in [2.05, 4.69) is 4.90 Å². The fourth-order valence-corrected chi connectivity index (χ4v) is 4.14. The molecule has 0 aliphatic carbocycles. The quantitative estimate of drug-likeness (QED) is 0.130. The third-order valence-corrected chi connectivity index (χ3v) is 6.35. The van der Waals surface area contributed by atoms with E-state index in [0.29, 0.717) is 59.7 Å². The van der Waals surface area contributed by atoms with Gasteiger partial charge in [-0.3, -0.25) is 0 Å². The van der Waals surface area contributed by atoms with Crippen molar-refractivity contribution < 1.29 is 47.5 Å². The Morgan fingerprint density at radius 1 is 0.643 bits per heavy atom. The molecule has 0 unspecified atom stereocenters. The van der Waals surface area contributed by atoms with Crippen molar-refractivity contribution in [3.05, 3.63) is 41.5 Å². The Morgan fingerprint density at radius 2 is 1.14 bits per heavy atom. The van der Waals surface area contributed by atoms with Gasteiger partial charge in [-0.1, -0.05) is 0 Å². The second kappa shape index (κ2) is 18.3. The van der Waals surface area contributed by atoms with E-state index in [-0.39, 0.29) is 0 Å². The molecule has 0 N–H and O–H groups in total. The second-order valence-electron chi connectivity index (χ2n) is 9.23. The van der Waals surface area contributed by atoms with Crippen molar-refractivity contribution in [2.75, 3.05) is 76.0 Å². The molecular weight excluding hydrogens is 546 g/mol. The van der Waals surface area contributed by atoms with Crippen molar-refractivity contribution >= 4 is 18.0 Å². The molecule has 0 aliphatic heterocycles. The predicted molar refractivity (Wildman–Crippen MR) is 158 cm³/mol. The number of carbonyl (C=O) groups is 2. The lowest BCUT2D eigenvalue weighted by Crippen LogP contribution is -2.22. The first-order chi connectivity index (χ1) is 20.3. The molecular formula is C31H43NO10. The molecule has 11 nitrogen and oxygen atoms in total. The van der Waals surface area contributed by atoms with Gasteiger partial charge in [-0.05, 0) is 75.2 Å². The number of rotatable bonds is 19. The molecule has 0 radical (unpaired) electrons. The van der Waals surface area contributed by atoms with Gasteiger partial charge in [0.15, 0.2) is 23.0 Å². The summed E-state index contributed by atoms with van der Waals surface area (Å²) in [5.41, 5.74) is 1.05. The topological polar surface area (TPSA) is 111 Å². The third-order valence-electron chi connectivity index (χ3n) is 6.35. The molecule has 2 rings (SSSR count). The zero-order valence-corrected chi connectivity index (χ0v) is 25.7. The summed E-state index contributed by atoms with van der Waals surface area (Å²) in [5, 5.41) is 0. The molecule has 0 aromatic heterocycles. The predicted octanol–water partition coefficient (Wildman–Crippen LogP) is 4.64. The van der Waals surface area contributed by atoms with Crippen LogP contribution in [0.4, 0.5) is 0 Å². The summed E-state index contributed by atoms with van der Waals surface area (Å²) < 4.78 is 42.6. The summed E-state index contributed by atoms with van der Waals surface area (Å²) in [4.78, 5) is 26.8. The molecule has 2 aromatic rings. The number of hydrogen-bond acceptors (Lipinski definition) is 11. The first-order valence-corrected chi connectivity index (χ1v) is 13.6. The molecule has 0 atom stereocenters. The molecule has 0 heterocycles. The van der Waals surface area contributed by atoms with Gasteiger partial charge in [-0.15, -0.1) is 0 Å². The molecule has 0 bridgehead atoms. The van der Waals surface area contributed by atoms with Gasteiger partial charge in [0.05, 0.1) is 61.4 Å². The van der Waals surface area contributed by atoms with E-state index < -0.39 is 11.9 Å². The lowest BCUT2D eigenvalue weighted by atomic mass is 10.1. The number of carbonyl (C=O) groups excluding carboxylic acids is 2. The Kier molecular flexibility index (Phi) is 14.9. The van der Waals surface area contributed by atoms with Gasteiger partial charge in [0, 0.05) is 12.6 Å². The molecule has 0 fully saturated rings. The van der Waals surface area contributed by atoms with E-state index in [1.165, 1.54) is 48.7 Å². The zero-order chi connectivity index (χ0) is 30.9. The van der Waals surface area contributed by atoms with E-state index >= 15 is 0 Å². The Labute approximate surface area is 248 Å². The maximum Gasteiger partial charge on any atom is 0.338 e. The molecule has 0 spiro atoms. The van der Waals surface area contributed by atoms with Crippen LogP contribution in [-0.2, 0) is 14.3 Å². The molecule has 0 aliphatic rings. The van der Waals surface area contributed by atoms with Crippen LogP contribution in [0.3, 0.4) is 0 Å². The summed E-state index contributed by atoms with van der Waals surface area (Å²) in [6.07, 6.45) is 6.34. The fraction of sp³-hybridized carbons (Fsp3) is 0.484. The highest BCUT2D eigenvalue weighted by atomic mass is 16.5. The van der Waals surface area contributed by atoms with Crippen LogP contribution in [0.5, 0.6) is 34.5 Å². The van der Waals surface area contributed by atoms with E-state index in [0.717, 1.165) is 37.9 Å². The van der Waals surface area contributed by atoms with Crippen LogP contribution in [0.2, 0.25) is 0 Å². The van der Waals surface area contributed by atoms with Gasteiger partial charge in [-0.2, -0.15) is 0 Å². The lowest BCUT2D eigenvalue weighted by molar-refractivity contribution is -0.137. The fourth-order valence-electron chi connectivity index (χ4n) is 4.14. The monoisotopic (exact) mass is 589 g/mol. The van der Waals surface area contributed by atoms with Crippen molar-refractivity contribution in [1.29, 1.82) is 0 Å². The Balaban J connectivity index is 1.63. The second-order valence-corrected chi connectivity index (χ2v) is 9.23. The van der Waals surface area contributed by atoms with Crippen LogP contribution >= 0.6 is 0 Å². The van der Waals surface area contributed by atoms with Crippen LogP contribution in [-0.4, -0.2) is 92.8 Å². The summed E-state index contributed by atoms with van der Waals surface area (Å²) in [7, 11) is 11.1.